The summed E-state index contributed by atoms with van der Waals surface area (Å²) >= 11 is -0.309. The van der Waals surface area contributed by atoms with Crippen molar-refractivity contribution in [2.75, 3.05) is 0 Å². The molecule has 0 spiro atoms. The van der Waals surface area contributed by atoms with Crippen LogP contribution in [0.3, 0.4) is 0 Å². The van der Waals surface area contributed by atoms with Gasteiger partial charge in [0.25, 0.3) is 0 Å². The van der Waals surface area contributed by atoms with Crippen LogP contribution in [0.4, 0.5) is 0 Å². The van der Waals surface area contributed by atoms with E-state index in [0.717, 1.165) is 16.7 Å². The van der Waals surface area contributed by atoms with Crippen LogP contribution in [0, 0.1) is 7.14 Å². The molecule has 2 heterocycles. The van der Waals surface area contributed by atoms with Crippen molar-refractivity contribution < 1.29 is 21.2 Å². The van der Waals surface area contributed by atoms with Crippen molar-refractivity contribution in [2.24, 2.45) is 0 Å². The van der Waals surface area contributed by atoms with E-state index < -0.39 is 0 Å². The van der Waals surface area contributed by atoms with Crippen LogP contribution < -0.4 is 21.2 Å². The predicted molar refractivity (Wildman–Crippen MR) is 157 cm³/mol. The van der Waals surface area contributed by atoms with Gasteiger partial charge >= 0.3 is 245 Å². The molecule has 0 unspecified atom stereocenters. The van der Waals surface area contributed by atoms with Crippen molar-refractivity contribution in [3.05, 3.63) is 134 Å². The average Bonchev–Trinajstić information content (AvgIpc) is 3.48. The number of nitrogens with zero attached hydrogens (tertiary/aromatic N) is 3. The van der Waals surface area contributed by atoms with Gasteiger partial charge in [-0.1, -0.05) is 0 Å². The Morgan fingerprint density at radius 3 is 1.70 bits per heavy atom. The van der Waals surface area contributed by atoms with Gasteiger partial charge in [-0.15, -0.1) is 0 Å². The predicted octanol–water partition coefficient (Wildman–Crippen LogP) is 5.29. The Balaban J connectivity index is 1.24. The molecule has 0 N–H and O–H groups in total. The first-order valence-electron chi connectivity index (χ1n) is 13.5. The molecule has 5 aromatic carbocycles. The van der Waals surface area contributed by atoms with Crippen LogP contribution in [-0.4, -0.2) is 15.0 Å². The molecule has 2 aliphatic rings. The van der Waals surface area contributed by atoms with Crippen LogP contribution in [0.25, 0.3) is 56.4 Å². The Bertz CT molecular complexity index is 1890. The zero-order chi connectivity index (χ0) is 26.8. The van der Waals surface area contributed by atoms with Gasteiger partial charge in [0.05, 0.1) is 0 Å². The maximum atomic E-state index is 4.96. The zero-order valence-electron chi connectivity index (χ0n) is 22.2. The molecular formula is C36H25IN3-. The minimum atomic E-state index is -0.309. The molecule has 0 radical (unpaired) electrons. The third-order valence-corrected chi connectivity index (χ3v) is 11.0. The number of benzene rings is 5. The summed E-state index contributed by atoms with van der Waals surface area (Å²) in [5.74, 6) is 2.11. The zero-order valence-corrected chi connectivity index (χ0v) is 24.3. The molecule has 3 nitrogen and oxygen atoms in total. The number of rotatable bonds is 3. The van der Waals surface area contributed by atoms with Crippen LogP contribution in [0.2, 0.25) is 0 Å². The molecule has 6 aromatic rings. The fraction of sp³-hybridized carbons (Fsp3) is 0.0833. The van der Waals surface area contributed by atoms with E-state index in [1.54, 1.807) is 0 Å². The first kappa shape index (κ1) is 23.7. The van der Waals surface area contributed by atoms with Gasteiger partial charge in [0.1, 0.15) is 0 Å². The molecule has 0 atom stereocenters. The van der Waals surface area contributed by atoms with Crippen molar-refractivity contribution in [1.82, 2.24) is 15.0 Å². The number of halogens is 1. The molecule has 0 bridgehead atoms. The fourth-order valence-corrected chi connectivity index (χ4v) is 9.09. The number of aromatic nitrogens is 3. The van der Waals surface area contributed by atoms with Gasteiger partial charge in [-0.05, 0) is 0 Å². The number of hydrogen-bond donors (Lipinski definition) is 0. The van der Waals surface area contributed by atoms with E-state index in [9.17, 15) is 0 Å². The quantitative estimate of drug-likeness (QED) is 0.251. The van der Waals surface area contributed by atoms with Gasteiger partial charge in [0.2, 0.25) is 0 Å². The molecule has 192 valence electrons. The molecule has 40 heavy (non-hydrogen) atoms. The second-order valence-electron chi connectivity index (χ2n) is 10.9. The molecular weight excluding hydrogens is 601 g/mol. The Hall–Kier alpha value is -4.16. The van der Waals surface area contributed by atoms with Crippen molar-refractivity contribution in [2.45, 2.75) is 19.3 Å². The summed E-state index contributed by atoms with van der Waals surface area (Å²) in [6, 6.07) is 41.0. The average molecular weight is 627 g/mol. The van der Waals surface area contributed by atoms with E-state index in [1.165, 1.54) is 40.5 Å². The molecule has 1 aliphatic heterocycles. The summed E-state index contributed by atoms with van der Waals surface area (Å²) in [6.07, 6.45) is 0. The van der Waals surface area contributed by atoms with E-state index in [0.29, 0.717) is 17.5 Å². The first-order valence-corrected chi connectivity index (χ1v) is 15.7. The molecule has 4 heteroatoms. The standard InChI is InChI=1S/C36H25IN3/c1-36(2)29-16-10-9-15-25(29)27-20-28-26-18-17-24(19-31(26)37-32(28)21-30(27)36)35-39-33(22-11-5-3-6-12-22)38-34(40-35)23-13-7-4-8-14-23/h3-21H,1-2H3/q-1. The van der Waals surface area contributed by atoms with Gasteiger partial charge in [0.15, 0.2) is 0 Å². The van der Waals surface area contributed by atoms with E-state index >= 15 is 0 Å². The normalized spacial score (nSPS) is 14.1. The Morgan fingerprint density at radius 1 is 0.450 bits per heavy atom. The van der Waals surface area contributed by atoms with Crippen LogP contribution >= 0.6 is 0 Å². The van der Waals surface area contributed by atoms with E-state index in [1.807, 2.05) is 36.4 Å². The Kier molecular flexibility index (Phi) is 5.29. The topological polar surface area (TPSA) is 38.7 Å². The third kappa shape index (κ3) is 3.66. The van der Waals surface area contributed by atoms with Gasteiger partial charge in [-0.3, -0.25) is 0 Å². The molecule has 0 saturated carbocycles. The molecule has 8 rings (SSSR count). The maximum absolute atomic E-state index is 4.96. The molecule has 0 saturated heterocycles. The van der Waals surface area contributed by atoms with Crippen molar-refractivity contribution in [1.29, 1.82) is 0 Å². The van der Waals surface area contributed by atoms with Crippen LogP contribution in [-0.2, 0) is 5.41 Å². The summed E-state index contributed by atoms with van der Waals surface area (Å²) in [5.41, 5.74) is 11.4. The third-order valence-electron chi connectivity index (χ3n) is 8.09. The van der Waals surface area contributed by atoms with E-state index in [-0.39, 0.29) is 26.6 Å². The summed E-state index contributed by atoms with van der Waals surface area (Å²) in [5, 5.41) is 0. The van der Waals surface area contributed by atoms with Gasteiger partial charge in [-0.2, -0.15) is 0 Å². The SMILES string of the molecule is CC1(C)c2ccccc2-c2cc3c(cc21)[I-]c1cc(-c2nc(-c4ccccc4)nc(-c4ccccc4)n2)ccc1-3. The van der Waals surface area contributed by atoms with Gasteiger partial charge in [-0.25, -0.2) is 0 Å². The first-order chi connectivity index (χ1) is 19.6. The second-order valence-corrected chi connectivity index (χ2v) is 13.7. The number of hydrogen-bond acceptors (Lipinski definition) is 3. The van der Waals surface area contributed by atoms with E-state index in [2.05, 4.69) is 92.7 Å². The van der Waals surface area contributed by atoms with Gasteiger partial charge < -0.3 is 0 Å². The summed E-state index contributed by atoms with van der Waals surface area (Å²) < 4.78 is 2.94. The summed E-state index contributed by atoms with van der Waals surface area (Å²) in [4.78, 5) is 14.8. The summed E-state index contributed by atoms with van der Waals surface area (Å²) in [6.45, 7) is 4.72. The monoisotopic (exact) mass is 626 g/mol. The Labute approximate surface area is 244 Å². The molecule has 0 amide bonds. The molecule has 1 aliphatic carbocycles. The summed E-state index contributed by atoms with van der Waals surface area (Å²) in [7, 11) is 0. The number of fused-ring (bicyclic) bond motifs is 6. The Morgan fingerprint density at radius 2 is 1.02 bits per heavy atom. The van der Waals surface area contributed by atoms with Crippen LogP contribution in [0.15, 0.2) is 115 Å². The molecule has 1 aromatic heterocycles. The second kappa shape index (κ2) is 8.93. The molecule has 0 fully saturated rings. The van der Waals surface area contributed by atoms with Crippen molar-refractivity contribution >= 4 is 0 Å². The van der Waals surface area contributed by atoms with Gasteiger partial charge in [0, 0.05) is 0 Å². The van der Waals surface area contributed by atoms with E-state index in [4.69, 9.17) is 15.0 Å². The minimum absolute atomic E-state index is 0.0250. The van der Waals surface area contributed by atoms with Crippen LogP contribution in [0.5, 0.6) is 0 Å². The van der Waals surface area contributed by atoms with Crippen molar-refractivity contribution in [3.63, 3.8) is 0 Å². The fourth-order valence-electron chi connectivity index (χ4n) is 6.00. The van der Waals surface area contributed by atoms with Crippen molar-refractivity contribution in [3.8, 4) is 56.4 Å². The van der Waals surface area contributed by atoms with Crippen LogP contribution in [0.1, 0.15) is 25.0 Å².